The molecule has 96 valence electrons. The predicted molar refractivity (Wildman–Crippen MR) is 79.3 cm³/mol. The van der Waals surface area contributed by atoms with Crippen molar-refractivity contribution in [2.75, 3.05) is 0 Å². The van der Waals surface area contributed by atoms with E-state index in [1.165, 1.54) is 0 Å². The number of rotatable bonds is 1. The van der Waals surface area contributed by atoms with Gasteiger partial charge in [0.25, 0.3) is 0 Å². The Morgan fingerprint density at radius 3 is 2.55 bits per heavy atom. The molecule has 4 rings (SSSR count). The number of carbonyl (C=O) groups is 1. The van der Waals surface area contributed by atoms with Crippen molar-refractivity contribution < 1.29 is 4.79 Å². The standard InChI is InChI=1S/C17H12N2O/c20-17-11-13(12-6-2-1-3-7-12)10-16-18-14-8-4-5-9-15(14)19(16)17/h1-10H,11H2. The topological polar surface area (TPSA) is 34.9 Å². The molecule has 0 fully saturated rings. The van der Waals surface area contributed by atoms with E-state index < -0.39 is 0 Å². The number of imidazole rings is 1. The van der Waals surface area contributed by atoms with Gasteiger partial charge in [0.2, 0.25) is 5.91 Å². The van der Waals surface area contributed by atoms with E-state index in [1.54, 1.807) is 4.57 Å². The third-order valence-corrected chi connectivity index (χ3v) is 3.63. The fraction of sp³-hybridized carbons (Fsp3) is 0.0588. The monoisotopic (exact) mass is 260 g/mol. The summed E-state index contributed by atoms with van der Waals surface area (Å²) < 4.78 is 1.71. The number of hydrogen-bond acceptors (Lipinski definition) is 2. The van der Waals surface area contributed by atoms with Crippen LogP contribution in [0.25, 0.3) is 22.7 Å². The molecule has 3 aromatic rings. The van der Waals surface area contributed by atoms with Gasteiger partial charge in [-0.25, -0.2) is 4.98 Å². The predicted octanol–water partition coefficient (Wildman–Crippen LogP) is 3.62. The minimum Gasteiger partial charge on any atom is -0.274 e. The number of carbonyl (C=O) groups excluding carboxylic acids is 1. The Labute approximate surface area is 116 Å². The summed E-state index contributed by atoms with van der Waals surface area (Å²) in [6.45, 7) is 0. The van der Waals surface area contributed by atoms with Crippen LogP contribution in [0.1, 0.15) is 22.6 Å². The van der Waals surface area contributed by atoms with Crippen molar-refractivity contribution in [3.8, 4) is 0 Å². The van der Waals surface area contributed by atoms with Crippen LogP contribution in [-0.2, 0) is 0 Å². The smallest absolute Gasteiger partial charge is 0.237 e. The Balaban J connectivity index is 1.94. The Hall–Kier alpha value is -2.68. The molecule has 1 aliphatic rings. The average Bonchev–Trinajstić information content (AvgIpc) is 2.87. The van der Waals surface area contributed by atoms with Crippen LogP contribution in [0.15, 0.2) is 54.6 Å². The van der Waals surface area contributed by atoms with Crippen LogP contribution in [0.4, 0.5) is 0 Å². The van der Waals surface area contributed by atoms with Crippen LogP contribution in [-0.4, -0.2) is 15.5 Å². The molecule has 0 unspecified atom stereocenters. The summed E-state index contributed by atoms with van der Waals surface area (Å²) >= 11 is 0. The highest BCUT2D eigenvalue weighted by Crippen LogP contribution is 2.29. The van der Waals surface area contributed by atoms with Crippen LogP contribution in [0.2, 0.25) is 0 Å². The summed E-state index contributed by atoms with van der Waals surface area (Å²) in [4.78, 5) is 17.0. The van der Waals surface area contributed by atoms with Gasteiger partial charge in [-0.05, 0) is 29.3 Å². The molecule has 0 bridgehead atoms. The first-order chi connectivity index (χ1) is 9.83. The van der Waals surface area contributed by atoms with E-state index in [-0.39, 0.29) is 5.91 Å². The maximum Gasteiger partial charge on any atom is 0.237 e. The minimum absolute atomic E-state index is 0.0788. The number of nitrogens with zero attached hydrogens (tertiary/aromatic N) is 2. The number of allylic oxidation sites excluding steroid dienone is 1. The quantitative estimate of drug-likeness (QED) is 0.669. The van der Waals surface area contributed by atoms with Crippen LogP contribution in [0.3, 0.4) is 0 Å². The highest BCUT2D eigenvalue weighted by molar-refractivity contribution is 6.04. The van der Waals surface area contributed by atoms with Gasteiger partial charge in [0.1, 0.15) is 5.82 Å². The van der Waals surface area contributed by atoms with Crippen molar-refractivity contribution >= 4 is 28.6 Å². The number of aromatic nitrogens is 2. The lowest BCUT2D eigenvalue weighted by Gasteiger charge is -2.14. The third kappa shape index (κ3) is 1.60. The van der Waals surface area contributed by atoms with Gasteiger partial charge in [0.15, 0.2) is 0 Å². The number of para-hydroxylation sites is 2. The molecule has 0 saturated carbocycles. The molecular formula is C17H12N2O. The lowest BCUT2D eigenvalue weighted by molar-refractivity contribution is 0.0922. The van der Waals surface area contributed by atoms with E-state index in [4.69, 9.17) is 0 Å². The van der Waals surface area contributed by atoms with E-state index >= 15 is 0 Å². The molecule has 1 aliphatic heterocycles. The van der Waals surface area contributed by atoms with Crippen molar-refractivity contribution in [1.82, 2.24) is 9.55 Å². The lowest BCUT2D eigenvalue weighted by atomic mass is 10.00. The molecule has 0 N–H and O–H groups in total. The molecule has 3 heteroatoms. The van der Waals surface area contributed by atoms with Gasteiger partial charge in [-0.15, -0.1) is 0 Å². The second-order valence-corrected chi connectivity index (χ2v) is 4.90. The van der Waals surface area contributed by atoms with E-state index in [0.717, 1.165) is 28.0 Å². The number of hydrogen-bond donors (Lipinski definition) is 0. The summed E-state index contributed by atoms with van der Waals surface area (Å²) in [6.07, 6.45) is 2.42. The Bertz CT molecular complexity index is 844. The molecule has 0 radical (unpaired) electrons. The summed E-state index contributed by atoms with van der Waals surface area (Å²) in [5, 5.41) is 0. The van der Waals surface area contributed by atoms with Gasteiger partial charge in [0.05, 0.1) is 17.5 Å². The molecule has 2 heterocycles. The first-order valence-corrected chi connectivity index (χ1v) is 6.59. The first kappa shape index (κ1) is 11.2. The van der Waals surface area contributed by atoms with Gasteiger partial charge < -0.3 is 0 Å². The minimum atomic E-state index is 0.0788. The van der Waals surface area contributed by atoms with Gasteiger partial charge in [-0.2, -0.15) is 0 Å². The zero-order valence-corrected chi connectivity index (χ0v) is 10.8. The van der Waals surface area contributed by atoms with Crippen molar-refractivity contribution in [1.29, 1.82) is 0 Å². The normalized spacial score (nSPS) is 14.2. The molecule has 0 amide bonds. The van der Waals surface area contributed by atoms with E-state index in [0.29, 0.717) is 6.42 Å². The van der Waals surface area contributed by atoms with Crippen LogP contribution in [0.5, 0.6) is 0 Å². The Morgan fingerprint density at radius 2 is 1.70 bits per heavy atom. The first-order valence-electron chi connectivity index (χ1n) is 6.59. The lowest BCUT2D eigenvalue weighted by Crippen LogP contribution is -2.16. The second-order valence-electron chi connectivity index (χ2n) is 4.90. The second kappa shape index (κ2) is 4.17. The maximum absolute atomic E-state index is 12.4. The molecule has 1 aromatic heterocycles. The highest BCUT2D eigenvalue weighted by atomic mass is 16.2. The third-order valence-electron chi connectivity index (χ3n) is 3.63. The summed E-state index contributed by atoms with van der Waals surface area (Å²) in [7, 11) is 0. The highest BCUT2D eigenvalue weighted by Gasteiger charge is 2.22. The fourth-order valence-electron chi connectivity index (χ4n) is 2.69. The number of fused-ring (bicyclic) bond motifs is 3. The van der Waals surface area contributed by atoms with Crippen molar-refractivity contribution in [2.24, 2.45) is 0 Å². The van der Waals surface area contributed by atoms with Crippen LogP contribution < -0.4 is 0 Å². The molecular weight excluding hydrogens is 248 g/mol. The molecule has 0 atom stereocenters. The van der Waals surface area contributed by atoms with Crippen LogP contribution >= 0.6 is 0 Å². The SMILES string of the molecule is O=C1CC(c2ccccc2)=Cc2nc3ccccc3n21. The van der Waals surface area contributed by atoms with E-state index in [2.05, 4.69) is 4.98 Å². The summed E-state index contributed by atoms with van der Waals surface area (Å²) in [5.41, 5.74) is 3.86. The maximum atomic E-state index is 12.4. The van der Waals surface area contributed by atoms with Gasteiger partial charge in [-0.3, -0.25) is 9.36 Å². The molecule has 0 saturated heterocycles. The molecule has 0 spiro atoms. The zero-order valence-electron chi connectivity index (χ0n) is 10.8. The van der Waals surface area contributed by atoms with Crippen molar-refractivity contribution in [2.45, 2.75) is 6.42 Å². The average molecular weight is 260 g/mol. The van der Waals surface area contributed by atoms with E-state index in [1.807, 2.05) is 60.7 Å². The van der Waals surface area contributed by atoms with Gasteiger partial charge in [0, 0.05) is 0 Å². The van der Waals surface area contributed by atoms with Crippen molar-refractivity contribution in [3.05, 3.63) is 66.0 Å². The molecule has 2 aromatic carbocycles. The zero-order chi connectivity index (χ0) is 13.5. The molecule has 3 nitrogen and oxygen atoms in total. The summed E-state index contributed by atoms with van der Waals surface area (Å²) in [5.74, 6) is 0.802. The van der Waals surface area contributed by atoms with Gasteiger partial charge in [-0.1, -0.05) is 42.5 Å². The Kier molecular flexibility index (Phi) is 2.33. The summed E-state index contributed by atoms with van der Waals surface area (Å²) in [6, 6.07) is 17.7. The Morgan fingerprint density at radius 1 is 0.950 bits per heavy atom. The fourth-order valence-corrected chi connectivity index (χ4v) is 2.69. The van der Waals surface area contributed by atoms with E-state index in [9.17, 15) is 4.79 Å². The molecule has 20 heavy (non-hydrogen) atoms. The van der Waals surface area contributed by atoms with Gasteiger partial charge >= 0.3 is 0 Å². The number of benzene rings is 2. The van der Waals surface area contributed by atoms with Crippen LogP contribution in [0, 0.1) is 0 Å². The van der Waals surface area contributed by atoms with Crippen molar-refractivity contribution in [3.63, 3.8) is 0 Å². The largest absolute Gasteiger partial charge is 0.274 e. The molecule has 0 aliphatic carbocycles.